The van der Waals surface area contributed by atoms with Crippen molar-refractivity contribution in [1.82, 2.24) is 9.97 Å². The molecule has 53 heavy (non-hydrogen) atoms. The first kappa shape index (κ1) is 31.8. The molecule has 7 aromatic carbocycles. The molecular formula is C47H35N5O. The van der Waals surface area contributed by atoms with Gasteiger partial charge in [0.1, 0.15) is 5.75 Å². The highest BCUT2D eigenvalue weighted by Gasteiger charge is 2.24. The largest absolute Gasteiger partial charge is 0.463 e. The van der Waals surface area contributed by atoms with Crippen molar-refractivity contribution in [3.8, 4) is 61.8 Å². The van der Waals surface area contributed by atoms with Crippen molar-refractivity contribution in [2.24, 2.45) is 11.5 Å². The van der Waals surface area contributed by atoms with Gasteiger partial charge in [-0.1, -0.05) is 133 Å². The third kappa shape index (κ3) is 5.92. The van der Waals surface area contributed by atoms with E-state index in [-0.39, 0.29) is 0 Å². The van der Waals surface area contributed by atoms with E-state index in [2.05, 4.69) is 133 Å². The average molecular weight is 686 g/mol. The molecule has 6 nitrogen and oxygen atoms in total. The van der Waals surface area contributed by atoms with Crippen molar-refractivity contribution in [1.29, 1.82) is 0 Å². The summed E-state index contributed by atoms with van der Waals surface area (Å²) in [5, 5.41) is 6.75. The summed E-state index contributed by atoms with van der Waals surface area (Å²) in [6.07, 6.45) is 4.42. The molecule has 8 aromatic rings. The lowest BCUT2D eigenvalue weighted by Gasteiger charge is -2.19. The zero-order valence-corrected chi connectivity index (χ0v) is 28.8. The van der Waals surface area contributed by atoms with Crippen molar-refractivity contribution in [3.63, 3.8) is 0 Å². The van der Waals surface area contributed by atoms with Gasteiger partial charge >= 0.3 is 0 Å². The SMILES string of the molecule is N/C=C\C=C(/N)C1Nc2cc(-c3cccc(-c4ccc5ccccc5c4-c4ccccc4-c4nc(-c5ccccc5)nc5ccccc45)c3)ccc2O1. The van der Waals surface area contributed by atoms with Crippen molar-refractivity contribution in [3.05, 3.63) is 182 Å². The van der Waals surface area contributed by atoms with E-state index in [1.165, 1.54) is 17.0 Å². The zero-order valence-electron chi connectivity index (χ0n) is 28.8. The van der Waals surface area contributed by atoms with Crippen molar-refractivity contribution < 1.29 is 4.74 Å². The molecule has 6 heteroatoms. The Labute approximate surface area is 307 Å². The van der Waals surface area contributed by atoms with Gasteiger partial charge in [-0.2, -0.15) is 0 Å². The molecule has 1 aromatic heterocycles. The lowest BCUT2D eigenvalue weighted by atomic mass is 9.86. The Bertz CT molecular complexity index is 2720. The summed E-state index contributed by atoms with van der Waals surface area (Å²) in [4.78, 5) is 10.3. The number of para-hydroxylation sites is 1. The van der Waals surface area contributed by atoms with Gasteiger partial charge in [0, 0.05) is 16.5 Å². The van der Waals surface area contributed by atoms with E-state index in [4.69, 9.17) is 26.2 Å². The fraction of sp³-hybridized carbons (Fsp3) is 0.0213. The molecule has 0 spiro atoms. The third-order valence-corrected chi connectivity index (χ3v) is 9.74. The monoisotopic (exact) mass is 685 g/mol. The number of aromatic nitrogens is 2. The van der Waals surface area contributed by atoms with E-state index in [1.54, 1.807) is 12.2 Å². The Hall–Kier alpha value is -7.18. The van der Waals surface area contributed by atoms with Crippen LogP contribution < -0.4 is 21.5 Å². The second-order valence-corrected chi connectivity index (χ2v) is 13.0. The normalized spacial score (nSPS) is 14.0. The number of ether oxygens (including phenoxy) is 1. The number of fused-ring (bicyclic) bond motifs is 3. The standard InChI is InChI=1S/C47H35N5O/c48-27-11-21-40(49)47-51-42-29-33(24-26-43(42)53-47)32-15-10-16-34(28-32)36-25-23-30-12-4-5-17-35(30)44(36)37-18-6-7-19-38(37)45-39-20-8-9-22-41(39)50-46(52-45)31-13-2-1-3-14-31/h1-29,47,51H,48-49H2/b27-11-,40-21-. The van der Waals surface area contributed by atoms with Crippen LogP contribution in [0.1, 0.15) is 0 Å². The molecule has 1 aliphatic heterocycles. The Morgan fingerprint density at radius 2 is 1.32 bits per heavy atom. The molecule has 1 aliphatic rings. The van der Waals surface area contributed by atoms with Gasteiger partial charge in [0.25, 0.3) is 0 Å². The summed E-state index contributed by atoms with van der Waals surface area (Å²) >= 11 is 0. The predicted molar refractivity (Wildman–Crippen MR) is 218 cm³/mol. The van der Waals surface area contributed by atoms with Crippen LogP contribution >= 0.6 is 0 Å². The first-order chi connectivity index (χ1) is 26.1. The van der Waals surface area contributed by atoms with Gasteiger partial charge in [-0.15, -0.1) is 0 Å². The molecule has 9 rings (SSSR count). The predicted octanol–water partition coefficient (Wildman–Crippen LogP) is 10.6. The van der Waals surface area contributed by atoms with Crippen LogP contribution in [0.15, 0.2) is 182 Å². The van der Waals surface area contributed by atoms with Gasteiger partial charge in [0.05, 0.1) is 22.6 Å². The molecule has 0 bridgehead atoms. The van der Waals surface area contributed by atoms with Crippen molar-refractivity contribution >= 4 is 27.4 Å². The molecular weight excluding hydrogens is 651 g/mol. The summed E-state index contributed by atoms with van der Waals surface area (Å²) in [5.74, 6) is 1.45. The highest BCUT2D eigenvalue weighted by Crippen LogP contribution is 2.45. The molecule has 2 heterocycles. The van der Waals surface area contributed by atoms with Crippen LogP contribution in [0, 0.1) is 0 Å². The summed E-state index contributed by atoms with van der Waals surface area (Å²) in [7, 11) is 0. The fourth-order valence-corrected chi connectivity index (χ4v) is 7.20. The van der Waals surface area contributed by atoms with Crippen LogP contribution in [0.5, 0.6) is 5.75 Å². The van der Waals surface area contributed by atoms with Crippen LogP contribution in [0.4, 0.5) is 5.69 Å². The number of nitrogens with two attached hydrogens (primary N) is 2. The molecule has 1 unspecified atom stereocenters. The van der Waals surface area contributed by atoms with E-state index < -0.39 is 6.23 Å². The van der Waals surface area contributed by atoms with E-state index in [1.807, 2.05) is 30.3 Å². The van der Waals surface area contributed by atoms with Crippen LogP contribution in [-0.2, 0) is 0 Å². The lowest BCUT2D eigenvalue weighted by molar-refractivity contribution is 0.288. The molecule has 0 radical (unpaired) electrons. The van der Waals surface area contributed by atoms with E-state index >= 15 is 0 Å². The number of benzene rings is 7. The summed E-state index contributed by atoms with van der Waals surface area (Å²) in [5.41, 5.74) is 23.7. The topological polar surface area (TPSA) is 99.1 Å². The first-order valence-electron chi connectivity index (χ1n) is 17.6. The maximum Gasteiger partial charge on any atom is 0.210 e. The van der Waals surface area contributed by atoms with E-state index in [0.29, 0.717) is 11.5 Å². The minimum Gasteiger partial charge on any atom is -0.463 e. The maximum atomic E-state index is 6.25. The highest BCUT2D eigenvalue weighted by atomic mass is 16.5. The smallest absolute Gasteiger partial charge is 0.210 e. The number of rotatable bonds is 7. The average Bonchev–Trinajstić information content (AvgIpc) is 3.66. The van der Waals surface area contributed by atoms with Gasteiger partial charge in [-0.05, 0) is 86.8 Å². The number of hydrogen-bond donors (Lipinski definition) is 3. The van der Waals surface area contributed by atoms with Gasteiger partial charge in [-0.25, -0.2) is 9.97 Å². The second kappa shape index (κ2) is 13.5. The molecule has 1 atom stereocenters. The summed E-state index contributed by atoms with van der Waals surface area (Å²) in [6.45, 7) is 0. The Morgan fingerprint density at radius 1 is 0.604 bits per heavy atom. The van der Waals surface area contributed by atoms with E-state index in [9.17, 15) is 0 Å². The van der Waals surface area contributed by atoms with Gasteiger partial charge in [0.2, 0.25) is 6.23 Å². The summed E-state index contributed by atoms with van der Waals surface area (Å²) < 4.78 is 6.07. The lowest BCUT2D eigenvalue weighted by Crippen LogP contribution is -2.27. The molecule has 5 N–H and O–H groups in total. The number of anilines is 1. The van der Waals surface area contributed by atoms with Crippen LogP contribution in [-0.4, -0.2) is 16.2 Å². The van der Waals surface area contributed by atoms with Gasteiger partial charge in [-0.3, -0.25) is 0 Å². The number of nitrogens with zero attached hydrogens (tertiary/aromatic N) is 2. The quantitative estimate of drug-likeness (QED) is 0.144. The number of nitrogens with one attached hydrogen (secondary N) is 1. The van der Waals surface area contributed by atoms with Crippen molar-refractivity contribution in [2.45, 2.75) is 6.23 Å². The Kier molecular flexibility index (Phi) is 8.10. The Morgan fingerprint density at radius 3 is 2.19 bits per heavy atom. The van der Waals surface area contributed by atoms with Gasteiger partial charge < -0.3 is 21.5 Å². The molecule has 0 amide bonds. The highest BCUT2D eigenvalue weighted by molar-refractivity contribution is 6.09. The van der Waals surface area contributed by atoms with Crippen LogP contribution in [0.25, 0.3) is 77.7 Å². The number of allylic oxidation sites excluding steroid dienone is 2. The second-order valence-electron chi connectivity index (χ2n) is 13.0. The van der Waals surface area contributed by atoms with Crippen molar-refractivity contribution in [2.75, 3.05) is 5.32 Å². The third-order valence-electron chi connectivity index (χ3n) is 9.74. The number of hydrogen-bond acceptors (Lipinski definition) is 6. The molecule has 0 fully saturated rings. The first-order valence-corrected chi connectivity index (χ1v) is 17.6. The minimum absolute atomic E-state index is 0.459. The molecule has 0 saturated carbocycles. The van der Waals surface area contributed by atoms with Gasteiger partial charge in [0.15, 0.2) is 5.82 Å². The Balaban J connectivity index is 1.19. The minimum atomic E-state index is -0.459. The molecule has 0 aliphatic carbocycles. The summed E-state index contributed by atoms with van der Waals surface area (Å²) in [6, 6.07) is 55.0. The fourth-order valence-electron chi connectivity index (χ4n) is 7.20. The molecule has 254 valence electrons. The van der Waals surface area contributed by atoms with Crippen LogP contribution in [0.2, 0.25) is 0 Å². The molecule has 0 saturated heterocycles. The van der Waals surface area contributed by atoms with E-state index in [0.717, 1.165) is 72.5 Å². The maximum absolute atomic E-state index is 6.25. The zero-order chi connectivity index (χ0) is 35.7. The van der Waals surface area contributed by atoms with Crippen LogP contribution in [0.3, 0.4) is 0 Å².